The summed E-state index contributed by atoms with van der Waals surface area (Å²) < 4.78 is 85.1. The molecule has 0 saturated heterocycles. The van der Waals surface area contributed by atoms with Gasteiger partial charge in [0.05, 0.1) is 22.8 Å². The Bertz CT molecular complexity index is 553. The minimum Gasteiger partial charge on any atom is -0.259 e. The van der Waals surface area contributed by atoms with Crippen LogP contribution in [0.25, 0.3) is 0 Å². The van der Waals surface area contributed by atoms with Gasteiger partial charge in [0.1, 0.15) is 0 Å². The first kappa shape index (κ1) is 15.8. The normalized spacial score (nSPS) is 13.6. The summed E-state index contributed by atoms with van der Waals surface area (Å²) in [6, 6.07) is 2.08. The first-order valence-corrected chi connectivity index (χ1v) is 6.64. The second kappa shape index (κ2) is 5.03. The zero-order chi connectivity index (χ0) is 14.9. The predicted octanol–water partition coefficient (Wildman–Crippen LogP) is 2.63. The van der Waals surface area contributed by atoms with Crippen molar-refractivity contribution in [3.05, 3.63) is 30.4 Å². The van der Waals surface area contributed by atoms with Gasteiger partial charge in [0, 0.05) is 6.20 Å². The molecule has 0 aromatic carbocycles. The maximum absolute atomic E-state index is 12.9. The number of aromatic nitrogens is 1. The van der Waals surface area contributed by atoms with E-state index in [1.54, 1.807) is 0 Å². The summed E-state index contributed by atoms with van der Waals surface area (Å²) in [5.41, 5.74) is -0.910. The van der Waals surface area contributed by atoms with E-state index in [0.717, 1.165) is 18.3 Å². The van der Waals surface area contributed by atoms with E-state index >= 15 is 0 Å². The van der Waals surface area contributed by atoms with E-state index in [1.807, 2.05) is 0 Å². The Kier molecular flexibility index (Phi) is 4.18. The fourth-order valence-electron chi connectivity index (χ4n) is 1.18. The second-order valence-electron chi connectivity index (χ2n) is 3.56. The Balaban J connectivity index is 3.25. The zero-order valence-corrected chi connectivity index (χ0v) is 10.4. The van der Waals surface area contributed by atoms with Crippen LogP contribution in [0.1, 0.15) is 12.6 Å². The van der Waals surface area contributed by atoms with Gasteiger partial charge in [-0.15, -0.1) is 0 Å². The van der Waals surface area contributed by atoms with Crippen LogP contribution in [-0.2, 0) is 9.84 Å². The van der Waals surface area contributed by atoms with Crippen LogP contribution in [0.2, 0.25) is 0 Å². The third-order valence-electron chi connectivity index (χ3n) is 2.21. The highest BCUT2D eigenvalue weighted by atomic mass is 32.2. The lowest BCUT2D eigenvalue weighted by atomic mass is 10.1. The lowest BCUT2D eigenvalue weighted by molar-refractivity contribution is -0.265. The number of sulfone groups is 1. The molecular weight excluding hydrogens is 293 g/mol. The van der Waals surface area contributed by atoms with Crippen LogP contribution in [0.15, 0.2) is 23.2 Å². The molecule has 1 radical (unpaired) electrons. The SMILES string of the molecule is CCS(=O)(=O)c1cccnc1[CH]C(F)(F)C(F)(F)F. The number of nitrogens with zero attached hydrogens (tertiary/aromatic N) is 1. The van der Waals surface area contributed by atoms with Crippen molar-refractivity contribution in [3.8, 4) is 0 Å². The maximum atomic E-state index is 12.9. The standard InChI is InChI=1S/C10H9F5NO2S/c1-2-19(17,18)8-4-3-5-16-7(8)6-9(11,12)10(13,14)15/h3-6H,2H2,1H3. The minimum absolute atomic E-state index is 0.433. The van der Waals surface area contributed by atoms with Gasteiger partial charge in [0.25, 0.3) is 0 Å². The van der Waals surface area contributed by atoms with Crippen molar-refractivity contribution < 1.29 is 30.4 Å². The van der Waals surface area contributed by atoms with E-state index < -0.39 is 44.7 Å². The highest BCUT2D eigenvalue weighted by molar-refractivity contribution is 7.91. The van der Waals surface area contributed by atoms with E-state index in [0.29, 0.717) is 0 Å². The molecule has 0 fully saturated rings. The summed E-state index contributed by atoms with van der Waals surface area (Å²) in [6.07, 6.45) is -5.36. The molecule has 1 aromatic rings. The fourth-order valence-corrected chi connectivity index (χ4v) is 2.21. The molecule has 0 N–H and O–H groups in total. The van der Waals surface area contributed by atoms with Gasteiger partial charge >= 0.3 is 12.1 Å². The number of rotatable bonds is 4. The predicted molar refractivity (Wildman–Crippen MR) is 56.4 cm³/mol. The summed E-state index contributed by atoms with van der Waals surface area (Å²) in [5, 5.41) is 0. The summed E-state index contributed by atoms with van der Waals surface area (Å²) in [7, 11) is -3.94. The van der Waals surface area contributed by atoms with E-state index in [1.165, 1.54) is 6.92 Å². The average Bonchev–Trinajstić information content (AvgIpc) is 2.27. The van der Waals surface area contributed by atoms with Crippen molar-refractivity contribution in [2.45, 2.75) is 23.9 Å². The molecule has 0 spiro atoms. The summed E-state index contributed by atoms with van der Waals surface area (Å²) in [4.78, 5) is 2.63. The third-order valence-corrected chi connectivity index (χ3v) is 3.99. The molecule has 0 saturated carbocycles. The molecule has 9 heteroatoms. The first-order valence-electron chi connectivity index (χ1n) is 4.99. The molecule has 0 aliphatic heterocycles. The Morgan fingerprint density at radius 1 is 1.26 bits per heavy atom. The summed E-state index contributed by atoms with van der Waals surface area (Å²) in [5.74, 6) is -5.59. The lowest BCUT2D eigenvalue weighted by Gasteiger charge is -2.19. The van der Waals surface area contributed by atoms with Crippen LogP contribution in [0.4, 0.5) is 22.0 Å². The van der Waals surface area contributed by atoms with Crippen LogP contribution in [0.5, 0.6) is 0 Å². The van der Waals surface area contributed by atoms with Gasteiger partial charge in [0.2, 0.25) is 0 Å². The van der Waals surface area contributed by atoms with Gasteiger partial charge in [-0.3, -0.25) is 4.98 Å². The Morgan fingerprint density at radius 2 is 1.84 bits per heavy atom. The second-order valence-corrected chi connectivity index (χ2v) is 5.80. The van der Waals surface area contributed by atoms with E-state index in [2.05, 4.69) is 4.98 Å². The molecule has 3 nitrogen and oxygen atoms in total. The maximum Gasteiger partial charge on any atom is 0.454 e. The van der Waals surface area contributed by atoms with Crippen molar-refractivity contribution in [3.63, 3.8) is 0 Å². The van der Waals surface area contributed by atoms with Crippen LogP contribution in [-0.4, -0.2) is 31.3 Å². The average molecular weight is 302 g/mol. The van der Waals surface area contributed by atoms with Crippen LogP contribution in [0.3, 0.4) is 0 Å². The molecule has 1 aromatic heterocycles. The van der Waals surface area contributed by atoms with Gasteiger partial charge in [-0.05, 0) is 12.1 Å². The number of alkyl halides is 5. The van der Waals surface area contributed by atoms with Crippen LogP contribution >= 0.6 is 0 Å². The van der Waals surface area contributed by atoms with Crippen molar-refractivity contribution in [1.29, 1.82) is 0 Å². The van der Waals surface area contributed by atoms with Crippen molar-refractivity contribution in [2.75, 3.05) is 5.75 Å². The van der Waals surface area contributed by atoms with Crippen molar-refractivity contribution in [2.24, 2.45) is 0 Å². The molecule has 0 atom stereocenters. The van der Waals surface area contributed by atoms with Crippen molar-refractivity contribution in [1.82, 2.24) is 4.98 Å². The van der Waals surface area contributed by atoms with Gasteiger partial charge in [-0.2, -0.15) is 22.0 Å². The lowest BCUT2D eigenvalue weighted by Crippen LogP contribution is -2.37. The molecule has 1 rings (SSSR count). The van der Waals surface area contributed by atoms with Gasteiger partial charge in [0.15, 0.2) is 9.84 Å². The van der Waals surface area contributed by atoms with Crippen LogP contribution in [0, 0.1) is 6.42 Å². The van der Waals surface area contributed by atoms with Gasteiger partial charge in [-0.25, -0.2) is 8.42 Å². The summed E-state index contributed by atoms with van der Waals surface area (Å²) >= 11 is 0. The molecule has 0 aliphatic carbocycles. The number of pyridine rings is 1. The van der Waals surface area contributed by atoms with Crippen molar-refractivity contribution >= 4 is 9.84 Å². The van der Waals surface area contributed by atoms with Gasteiger partial charge < -0.3 is 0 Å². The zero-order valence-electron chi connectivity index (χ0n) is 9.58. The monoisotopic (exact) mass is 302 g/mol. The summed E-state index contributed by atoms with van der Waals surface area (Å²) in [6.45, 7) is 1.24. The van der Waals surface area contributed by atoms with Gasteiger partial charge in [-0.1, -0.05) is 6.92 Å². The van der Waals surface area contributed by atoms with E-state index in [4.69, 9.17) is 0 Å². The number of hydrogen-bond donors (Lipinski definition) is 0. The molecular formula is C10H9F5NO2S. The topological polar surface area (TPSA) is 47.0 Å². The molecule has 0 amide bonds. The smallest absolute Gasteiger partial charge is 0.259 e. The largest absolute Gasteiger partial charge is 0.454 e. The Labute approximate surface area is 106 Å². The van der Waals surface area contributed by atoms with Crippen LogP contribution < -0.4 is 0 Å². The molecule has 0 aliphatic rings. The molecule has 0 unspecified atom stereocenters. The molecule has 19 heavy (non-hydrogen) atoms. The highest BCUT2D eigenvalue weighted by Gasteiger charge is 2.58. The molecule has 1 heterocycles. The number of halogens is 5. The highest BCUT2D eigenvalue weighted by Crippen LogP contribution is 2.39. The minimum atomic E-state index is -5.81. The third kappa shape index (κ3) is 3.40. The fraction of sp³-hybridized carbons (Fsp3) is 0.400. The van der Waals surface area contributed by atoms with E-state index in [-0.39, 0.29) is 0 Å². The Hall–Kier alpha value is -1.25. The molecule has 0 bridgehead atoms. The first-order chi connectivity index (χ1) is 8.51. The quantitative estimate of drug-likeness (QED) is 0.803. The number of hydrogen-bond acceptors (Lipinski definition) is 3. The Morgan fingerprint density at radius 3 is 2.32 bits per heavy atom. The molecule has 107 valence electrons. The van der Waals surface area contributed by atoms with E-state index in [9.17, 15) is 30.4 Å².